The quantitative estimate of drug-likeness (QED) is 0.620. The molecular weight excluding hydrogens is 459 g/mol. The summed E-state index contributed by atoms with van der Waals surface area (Å²) in [6.45, 7) is 6.59. The Morgan fingerprint density at radius 2 is 1.81 bits per heavy atom. The molecule has 0 radical (unpaired) electrons. The Hall–Kier alpha value is -3.33. The highest BCUT2D eigenvalue weighted by molar-refractivity contribution is 6.39. The second-order valence-corrected chi connectivity index (χ2v) is 9.86. The van der Waals surface area contributed by atoms with Gasteiger partial charge < -0.3 is 9.80 Å². The fraction of sp³-hybridized carbons (Fsp3) is 0.481. The van der Waals surface area contributed by atoms with E-state index in [9.17, 15) is 14.0 Å². The van der Waals surface area contributed by atoms with Gasteiger partial charge in [-0.15, -0.1) is 0 Å². The van der Waals surface area contributed by atoms with E-state index in [4.69, 9.17) is 0 Å². The first-order valence-electron chi connectivity index (χ1n) is 12.8. The zero-order valence-corrected chi connectivity index (χ0v) is 20.6. The highest BCUT2D eigenvalue weighted by Crippen LogP contribution is 2.22. The van der Waals surface area contributed by atoms with Crippen LogP contribution in [0.25, 0.3) is 0 Å². The average molecular weight is 493 g/mol. The molecule has 0 bridgehead atoms. The van der Waals surface area contributed by atoms with Crippen LogP contribution >= 0.6 is 0 Å². The highest BCUT2D eigenvalue weighted by atomic mass is 19.1. The molecule has 3 aliphatic rings. The van der Waals surface area contributed by atoms with Crippen LogP contribution in [0.4, 0.5) is 10.2 Å². The van der Waals surface area contributed by atoms with Gasteiger partial charge in [0.15, 0.2) is 0 Å². The van der Waals surface area contributed by atoms with Crippen molar-refractivity contribution in [3.63, 3.8) is 0 Å². The molecule has 0 saturated carbocycles. The number of hydrogen-bond donors (Lipinski definition) is 0. The summed E-state index contributed by atoms with van der Waals surface area (Å²) in [5.41, 5.74) is 1.23. The van der Waals surface area contributed by atoms with E-state index in [1.54, 1.807) is 12.1 Å². The fourth-order valence-corrected chi connectivity index (χ4v) is 5.29. The van der Waals surface area contributed by atoms with Gasteiger partial charge in [-0.3, -0.25) is 14.5 Å². The molecule has 8 nitrogen and oxygen atoms in total. The lowest BCUT2D eigenvalue weighted by Crippen LogP contribution is -2.51. The van der Waals surface area contributed by atoms with Crippen molar-refractivity contribution in [1.82, 2.24) is 19.8 Å². The van der Waals surface area contributed by atoms with Gasteiger partial charge >= 0.3 is 0 Å². The van der Waals surface area contributed by atoms with Crippen molar-refractivity contribution in [2.45, 2.75) is 32.2 Å². The van der Waals surface area contributed by atoms with Crippen molar-refractivity contribution in [1.29, 1.82) is 0 Å². The highest BCUT2D eigenvalue weighted by Gasteiger charge is 2.31. The molecule has 2 saturated heterocycles. The fourth-order valence-electron chi connectivity index (χ4n) is 5.29. The number of carbonyl (C=O) groups excluding carboxylic acids is 2. The zero-order valence-electron chi connectivity index (χ0n) is 20.6. The molecule has 1 atom stereocenters. The maximum Gasteiger partial charge on any atom is 0.270 e. The number of hydrazone groups is 1. The number of hydrogen-bond acceptors (Lipinski definition) is 6. The van der Waals surface area contributed by atoms with Gasteiger partial charge in [0.25, 0.3) is 5.91 Å². The van der Waals surface area contributed by atoms with E-state index in [1.165, 1.54) is 17.1 Å². The number of pyridine rings is 1. The van der Waals surface area contributed by atoms with Crippen LogP contribution in [0.2, 0.25) is 0 Å². The molecule has 0 spiro atoms. The molecule has 4 heterocycles. The lowest BCUT2D eigenvalue weighted by atomic mass is 9.96. The predicted octanol–water partition coefficient (Wildman–Crippen LogP) is 2.76. The number of aromatic nitrogens is 1. The van der Waals surface area contributed by atoms with Crippen LogP contribution in [0.15, 0.2) is 53.8 Å². The predicted molar refractivity (Wildman–Crippen MR) is 136 cm³/mol. The van der Waals surface area contributed by atoms with Crippen molar-refractivity contribution in [2.24, 2.45) is 11.0 Å². The summed E-state index contributed by atoms with van der Waals surface area (Å²) >= 11 is 0. The lowest BCUT2D eigenvalue weighted by Gasteiger charge is -2.40. The number of piperidine rings is 1. The molecule has 2 amide bonds. The normalized spacial score (nSPS) is 21.5. The number of nitrogens with zero attached hydrogens (tertiary/aromatic N) is 6. The molecule has 190 valence electrons. The summed E-state index contributed by atoms with van der Waals surface area (Å²) in [7, 11) is 0. The van der Waals surface area contributed by atoms with Crippen LogP contribution in [-0.4, -0.2) is 83.1 Å². The van der Waals surface area contributed by atoms with E-state index in [-0.39, 0.29) is 30.6 Å². The number of carbonyl (C=O) groups is 2. The topological polar surface area (TPSA) is 72.4 Å². The van der Waals surface area contributed by atoms with Crippen LogP contribution in [-0.2, 0) is 16.1 Å². The molecule has 0 aliphatic carbocycles. The first-order valence-corrected chi connectivity index (χ1v) is 12.8. The molecule has 36 heavy (non-hydrogen) atoms. The Morgan fingerprint density at radius 1 is 1.00 bits per heavy atom. The average Bonchev–Trinajstić information content (AvgIpc) is 2.92. The van der Waals surface area contributed by atoms with Gasteiger partial charge in [-0.2, -0.15) is 5.10 Å². The molecule has 2 aromatic rings. The maximum absolute atomic E-state index is 13.3. The Labute approximate surface area is 211 Å². The minimum atomic E-state index is -0.321. The number of likely N-dealkylation sites (tertiary alicyclic amines) is 1. The van der Waals surface area contributed by atoms with Crippen molar-refractivity contribution in [3.05, 3.63) is 60.0 Å². The molecule has 2 fully saturated rings. The molecule has 1 unspecified atom stereocenters. The molecule has 9 heteroatoms. The van der Waals surface area contributed by atoms with Crippen LogP contribution in [0.1, 0.15) is 31.2 Å². The van der Waals surface area contributed by atoms with Crippen LogP contribution in [0, 0.1) is 11.7 Å². The largest absolute Gasteiger partial charge is 0.354 e. The van der Waals surface area contributed by atoms with Gasteiger partial charge in [0, 0.05) is 64.9 Å². The Kier molecular flexibility index (Phi) is 7.55. The van der Waals surface area contributed by atoms with Gasteiger partial charge in [0.05, 0.1) is 6.54 Å². The van der Waals surface area contributed by atoms with Crippen molar-refractivity contribution >= 4 is 23.3 Å². The van der Waals surface area contributed by atoms with E-state index < -0.39 is 0 Å². The smallest absolute Gasteiger partial charge is 0.270 e. The lowest BCUT2D eigenvalue weighted by molar-refractivity contribution is -0.132. The number of anilines is 1. The van der Waals surface area contributed by atoms with Crippen molar-refractivity contribution in [3.8, 4) is 0 Å². The minimum absolute atomic E-state index is 0.0590. The van der Waals surface area contributed by atoms with Crippen LogP contribution in [0.5, 0.6) is 0 Å². The summed E-state index contributed by atoms with van der Waals surface area (Å²) < 4.78 is 13.2. The second kappa shape index (κ2) is 11.2. The minimum Gasteiger partial charge on any atom is -0.354 e. The van der Waals surface area contributed by atoms with Gasteiger partial charge in [0.1, 0.15) is 17.3 Å². The Balaban J connectivity index is 1.15. The van der Waals surface area contributed by atoms with Gasteiger partial charge in [-0.05, 0) is 48.6 Å². The molecule has 1 aromatic carbocycles. The summed E-state index contributed by atoms with van der Waals surface area (Å²) in [4.78, 5) is 36.9. The summed E-state index contributed by atoms with van der Waals surface area (Å²) in [5.74, 6) is 0.975. The first kappa shape index (κ1) is 24.4. The molecule has 1 aromatic heterocycles. The van der Waals surface area contributed by atoms with Crippen molar-refractivity contribution in [2.75, 3.05) is 50.7 Å². The van der Waals surface area contributed by atoms with E-state index >= 15 is 0 Å². The van der Waals surface area contributed by atoms with Gasteiger partial charge in [-0.25, -0.2) is 14.4 Å². The van der Waals surface area contributed by atoms with Gasteiger partial charge in [0.2, 0.25) is 5.91 Å². The Bertz CT molecular complexity index is 1090. The number of benzene rings is 1. The first-order chi connectivity index (χ1) is 17.5. The summed E-state index contributed by atoms with van der Waals surface area (Å²) in [6.07, 6.45) is 4.57. The molecular formula is C27H33FN6O2. The summed E-state index contributed by atoms with van der Waals surface area (Å²) in [5, 5.41) is 5.78. The van der Waals surface area contributed by atoms with E-state index in [0.29, 0.717) is 18.1 Å². The molecule has 5 rings (SSSR count). The number of piperazine rings is 1. The zero-order chi connectivity index (χ0) is 24.9. The van der Waals surface area contributed by atoms with Crippen molar-refractivity contribution < 1.29 is 14.0 Å². The second-order valence-electron chi connectivity index (χ2n) is 9.86. The third-order valence-corrected chi connectivity index (χ3v) is 7.27. The SMILES string of the molecule is O=C(C1=NN(Cc2ccc(F)cc2)C(=O)CC1)N1CCCC(CN2CCN(c3ccccn3)CC2)C1. The number of halogens is 1. The van der Waals surface area contributed by atoms with E-state index in [1.807, 2.05) is 23.2 Å². The Morgan fingerprint density at radius 3 is 2.56 bits per heavy atom. The number of rotatable bonds is 6. The van der Waals surface area contributed by atoms with Crippen LogP contribution in [0.3, 0.4) is 0 Å². The maximum atomic E-state index is 13.3. The number of amides is 2. The summed E-state index contributed by atoms with van der Waals surface area (Å²) in [6, 6.07) is 12.0. The van der Waals surface area contributed by atoms with E-state index in [2.05, 4.69) is 26.0 Å². The van der Waals surface area contributed by atoms with Crippen LogP contribution < -0.4 is 4.90 Å². The standard InChI is InChI=1S/C27H33FN6O2/c28-23-8-6-21(7-9-23)20-34-26(35)11-10-24(30-34)27(36)33-13-3-4-22(19-33)18-31-14-16-32(17-15-31)25-5-1-2-12-29-25/h1-2,5-9,12,22H,3-4,10-11,13-20H2. The van der Waals surface area contributed by atoms with E-state index in [0.717, 1.165) is 70.0 Å². The third kappa shape index (κ3) is 5.90. The third-order valence-electron chi connectivity index (χ3n) is 7.27. The molecule has 3 aliphatic heterocycles. The molecule has 0 N–H and O–H groups in total. The van der Waals surface area contributed by atoms with Gasteiger partial charge in [-0.1, -0.05) is 18.2 Å². The monoisotopic (exact) mass is 492 g/mol.